The number of aliphatic hydroxyl groups excluding tert-OH is 1. The van der Waals surface area contributed by atoms with Crippen molar-refractivity contribution in [2.75, 3.05) is 32.6 Å². The van der Waals surface area contributed by atoms with E-state index in [1.807, 2.05) is 53.4 Å². The number of aromatic nitrogens is 1. The first kappa shape index (κ1) is 23.1. The van der Waals surface area contributed by atoms with Gasteiger partial charge >= 0.3 is 0 Å². The quantitative estimate of drug-likeness (QED) is 0.597. The van der Waals surface area contributed by atoms with Gasteiger partial charge in [0.2, 0.25) is 5.91 Å². The molecule has 1 saturated heterocycles. The molecule has 2 aliphatic heterocycles. The molecular weight excluding hydrogens is 440 g/mol. The number of rotatable bonds is 5. The van der Waals surface area contributed by atoms with Crippen LogP contribution in [0.1, 0.15) is 33.9 Å². The van der Waals surface area contributed by atoms with Crippen LogP contribution in [-0.4, -0.2) is 65.0 Å². The van der Waals surface area contributed by atoms with Gasteiger partial charge in [0.25, 0.3) is 5.91 Å². The van der Waals surface area contributed by atoms with E-state index in [0.29, 0.717) is 18.5 Å². The van der Waals surface area contributed by atoms with Gasteiger partial charge in [0.15, 0.2) is 0 Å². The second-order valence-corrected chi connectivity index (χ2v) is 9.53. The molecule has 2 aliphatic rings. The first-order valence-electron chi connectivity index (χ1n) is 12.0. The van der Waals surface area contributed by atoms with Gasteiger partial charge in [0, 0.05) is 50.2 Å². The molecule has 1 aromatic heterocycles. The number of amides is 2. The Kier molecular flexibility index (Phi) is 6.26. The van der Waals surface area contributed by atoms with Crippen LogP contribution in [0.4, 0.5) is 5.69 Å². The summed E-state index contributed by atoms with van der Waals surface area (Å²) in [4.78, 5) is 33.5. The maximum absolute atomic E-state index is 13.4. The van der Waals surface area contributed by atoms with E-state index in [2.05, 4.69) is 16.4 Å². The Hall–Kier alpha value is -3.71. The minimum absolute atomic E-state index is 0.0173. The minimum atomic E-state index is -0.107. The van der Waals surface area contributed by atoms with Crippen LogP contribution in [-0.2, 0) is 11.2 Å². The molecule has 0 unspecified atom stereocenters. The van der Waals surface area contributed by atoms with Crippen LogP contribution >= 0.6 is 0 Å². The molecule has 0 radical (unpaired) electrons. The van der Waals surface area contributed by atoms with E-state index < -0.39 is 0 Å². The van der Waals surface area contributed by atoms with Gasteiger partial charge in [0.1, 0.15) is 0 Å². The fourth-order valence-corrected chi connectivity index (χ4v) is 5.39. The predicted octanol–water partition coefficient (Wildman–Crippen LogP) is 3.37. The molecule has 7 heteroatoms. The van der Waals surface area contributed by atoms with Crippen LogP contribution in [0.2, 0.25) is 0 Å². The van der Waals surface area contributed by atoms with Gasteiger partial charge in [-0.25, -0.2) is 0 Å². The molecule has 0 saturated carbocycles. The fraction of sp³-hybridized carbons (Fsp3) is 0.321. The number of likely N-dealkylation sites (tertiary alicyclic amines) is 1. The molecule has 5 rings (SSSR count). The molecule has 1 fully saturated rings. The summed E-state index contributed by atoms with van der Waals surface area (Å²) >= 11 is 0. The molecule has 35 heavy (non-hydrogen) atoms. The number of benzene rings is 2. The molecule has 180 valence electrons. The highest BCUT2D eigenvalue weighted by atomic mass is 16.3. The first-order chi connectivity index (χ1) is 17.0. The van der Waals surface area contributed by atoms with Crippen molar-refractivity contribution < 1.29 is 14.7 Å². The molecule has 2 N–H and O–H groups in total. The number of hydrogen-bond donors (Lipinski definition) is 2. The van der Waals surface area contributed by atoms with E-state index in [0.717, 1.165) is 34.4 Å². The number of carbonyl (C=O) groups is 2. The summed E-state index contributed by atoms with van der Waals surface area (Å²) in [7, 11) is 3.49. The van der Waals surface area contributed by atoms with Crippen LogP contribution in [0.25, 0.3) is 11.1 Å². The zero-order valence-corrected chi connectivity index (χ0v) is 20.0. The van der Waals surface area contributed by atoms with E-state index in [4.69, 9.17) is 0 Å². The van der Waals surface area contributed by atoms with Crippen LogP contribution < -0.4 is 5.32 Å². The summed E-state index contributed by atoms with van der Waals surface area (Å²) in [6, 6.07) is 17.4. The van der Waals surface area contributed by atoms with Gasteiger partial charge in [-0.3, -0.25) is 14.6 Å². The van der Waals surface area contributed by atoms with Gasteiger partial charge < -0.3 is 20.2 Å². The number of nitrogens with zero attached hydrogens (tertiary/aromatic N) is 3. The highest BCUT2D eigenvalue weighted by Gasteiger charge is 2.45. The number of nitrogens with one attached hydrogen (secondary N) is 1. The topological polar surface area (TPSA) is 85.8 Å². The molecule has 0 spiro atoms. The molecule has 0 bridgehead atoms. The van der Waals surface area contributed by atoms with Gasteiger partial charge in [-0.15, -0.1) is 0 Å². The summed E-state index contributed by atoms with van der Waals surface area (Å²) in [5, 5.41) is 13.6. The van der Waals surface area contributed by atoms with Gasteiger partial charge in [0.05, 0.1) is 25.1 Å². The van der Waals surface area contributed by atoms with Crippen molar-refractivity contribution >= 4 is 17.5 Å². The second kappa shape index (κ2) is 9.50. The van der Waals surface area contributed by atoms with Gasteiger partial charge in [-0.2, -0.15) is 0 Å². The van der Waals surface area contributed by atoms with E-state index in [1.54, 1.807) is 31.4 Å². The number of fused-ring (bicyclic) bond motifs is 3. The highest BCUT2D eigenvalue weighted by molar-refractivity contribution is 5.95. The summed E-state index contributed by atoms with van der Waals surface area (Å²) < 4.78 is 0. The number of anilines is 1. The standard InChI is InChI=1S/C28H30N4O3/c1-31(2)28(35)21-5-3-4-19(15-21)20-6-7-24-23(16-20)27-22(25(17-33)30-24)10-13-32(27)26(34)14-18-8-11-29-12-9-18/h3-9,11-12,15-16,22,25,27,30,33H,10,13-14,17H2,1-2H3/t22-,25+,27-/m0/s1. The Bertz CT molecular complexity index is 1240. The number of aliphatic hydroxyl groups is 1. The largest absolute Gasteiger partial charge is 0.394 e. The third-order valence-electron chi connectivity index (χ3n) is 7.14. The molecule has 2 aromatic carbocycles. The third kappa shape index (κ3) is 4.39. The molecule has 3 aromatic rings. The zero-order chi connectivity index (χ0) is 24.5. The van der Waals surface area contributed by atoms with Crippen molar-refractivity contribution in [2.45, 2.75) is 24.9 Å². The summed E-state index contributed by atoms with van der Waals surface area (Å²) in [6.45, 7) is 0.678. The lowest BCUT2D eigenvalue weighted by atomic mass is 9.82. The van der Waals surface area contributed by atoms with Crippen molar-refractivity contribution in [1.82, 2.24) is 14.8 Å². The Labute approximate surface area is 205 Å². The van der Waals surface area contributed by atoms with Crippen LogP contribution in [0.15, 0.2) is 67.0 Å². The van der Waals surface area contributed by atoms with Crippen LogP contribution in [0.3, 0.4) is 0 Å². The van der Waals surface area contributed by atoms with E-state index in [1.165, 1.54) is 0 Å². The van der Waals surface area contributed by atoms with Crippen LogP contribution in [0, 0.1) is 5.92 Å². The van der Waals surface area contributed by atoms with Gasteiger partial charge in [-0.1, -0.05) is 18.2 Å². The van der Waals surface area contributed by atoms with Crippen molar-refractivity contribution in [1.29, 1.82) is 0 Å². The average molecular weight is 471 g/mol. The Morgan fingerprint density at radius 2 is 1.86 bits per heavy atom. The Balaban J connectivity index is 1.50. The van der Waals surface area contributed by atoms with Gasteiger partial charge in [-0.05, 0) is 65.1 Å². The summed E-state index contributed by atoms with van der Waals surface area (Å²) in [5.41, 5.74) is 5.52. The highest BCUT2D eigenvalue weighted by Crippen LogP contribution is 2.47. The van der Waals surface area contributed by atoms with Crippen molar-refractivity contribution in [3.05, 3.63) is 83.7 Å². The van der Waals surface area contributed by atoms with Crippen LogP contribution in [0.5, 0.6) is 0 Å². The number of hydrogen-bond acceptors (Lipinski definition) is 5. The maximum atomic E-state index is 13.4. The van der Waals surface area contributed by atoms with Crippen molar-refractivity contribution in [2.24, 2.45) is 5.92 Å². The predicted molar refractivity (Wildman–Crippen MR) is 135 cm³/mol. The van der Waals surface area contributed by atoms with E-state index in [9.17, 15) is 14.7 Å². The molecular formula is C28H30N4O3. The third-order valence-corrected chi connectivity index (χ3v) is 7.14. The van der Waals surface area contributed by atoms with E-state index in [-0.39, 0.29) is 36.4 Å². The zero-order valence-electron chi connectivity index (χ0n) is 20.0. The van der Waals surface area contributed by atoms with Crippen molar-refractivity contribution in [3.63, 3.8) is 0 Å². The lowest BCUT2D eigenvalue weighted by molar-refractivity contribution is -0.131. The summed E-state index contributed by atoms with van der Waals surface area (Å²) in [6.07, 6.45) is 4.57. The van der Waals surface area contributed by atoms with Crippen molar-refractivity contribution in [3.8, 4) is 11.1 Å². The molecule has 0 aliphatic carbocycles. The fourth-order valence-electron chi connectivity index (χ4n) is 5.39. The maximum Gasteiger partial charge on any atom is 0.253 e. The molecule has 7 nitrogen and oxygen atoms in total. The molecule has 3 heterocycles. The second-order valence-electron chi connectivity index (χ2n) is 9.53. The lowest BCUT2D eigenvalue weighted by Crippen LogP contribution is -2.43. The number of carbonyl (C=O) groups excluding carboxylic acids is 2. The molecule has 2 amide bonds. The lowest BCUT2D eigenvalue weighted by Gasteiger charge is -2.39. The smallest absolute Gasteiger partial charge is 0.253 e. The SMILES string of the molecule is CN(C)C(=O)c1cccc(-c2ccc3c(c2)[C@@H]2[C@@H](CCN2C(=O)Cc2ccncc2)[C@@H](CO)N3)c1. The monoisotopic (exact) mass is 470 g/mol. The number of pyridine rings is 1. The normalized spacial score (nSPS) is 20.5. The molecule has 3 atom stereocenters. The summed E-state index contributed by atoms with van der Waals surface area (Å²) in [5.74, 6) is 0.170. The first-order valence-corrected chi connectivity index (χ1v) is 12.0. The average Bonchev–Trinajstić information content (AvgIpc) is 3.34. The Morgan fingerprint density at radius 1 is 1.09 bits per heavy atom. The van der Waals surface area contributed by atoms with E-state index >= 15 is 0 Å². The Morgan fingerprint density at radius 3 is 2.60 bits per heavy atom. The minimum Gasteiger partial charge on any atom is -0.394 e.